The predicted octanol–water partition coefficient (Wildman–Crippen LogP) is 3.90. The molecule has 0 spiro atoms. The molecule has 2 aromatic carbocycles. The molecule has 118 valence electrons. The number of benzene rings is 2. The van der Waals surface area contributed by atoms with E-state index in [1.807, 2.05) is 6.07 Å². The highest BCUT2D eigenvalue weighted by Crippen LogP contribution is 2.17. The second kappa shape index (κ2) is 8.43. The first kappa shape index (κ1) is 17.1. The van der Waals surface area contributed by atoms with Crippen LogP contribution in [0.2, 0.25) is 5.02 Å². The van der Waals surface area contributed by atoms with Crippen molar-refractivity contribution < 1.29 is 9.53 Å². The SMILES string of the molecule is C#CCOc1ccc(/C=C(/C#N)C(=O)Nc2ccc(Cl)cc2)cc1. The molecule has 2 rings (SSSR count). The highest BCUT2D eigenvalue weighted by atomic mass is 35.5. The van der Waals surface area contributed by atoms with Crippen LogP contribution in [0.4, 0.5) is 5.69 Å². The summed E-state index contributed by atoms with van der Waals surface area (Å²) in [5, 5.41) is 12.4. The maximum absolute atomic E-state index is 12.2. The Labute approximate surface area is 145 Å². The Morgan fingerprint density at radius 1 is 1.21 bits per heavy atom. The van der Waals surface area contributed by atoms with Crippen molar-refractivity contribution in [3.05, 3.63) is 64.7 Å². The van der Waals surface area contributed by atoms with Gasteiger partial charge in [0.1, 0.15) is 24.0 Å². The monoisotopic (exact) mass is 336 g/mol. The van der Waals surface area contributed by atoms with Gasteiger partial charge >= 0.3 is 0 Å². The van der Waals surface area contributed by atoms with Gasteiger partial charge in [0.25, 0.3) is 5.91 Å². The van der Waals surface area contributed by atoms with Gasteiger partial charge < -0.3 is 10.1 Å². The Balaban J connectivity index is 2.10. The minimum atomic E-state index is -0.493. The van der Waals surface area contributed by atoms with Crippen LogP contribution in [0.25, 0.3) is 6.08 Å². The molecule has 1 N–H and O–H groups in total. The number of amides is 1. The number of terminal acetylenes is 1. The van der Waals surface area contributed by atoms with Gasteiger partial charge in [-0.25, -0.2) is 0 Å². The summed E-state index contributed by atoms with van der Waals surface area (Å²) in [6.07, 6.45) is 6.62. The van der Waals surface area contributed by atoms with E-state index in [0.717, 1.165) is 0 Å². The fraction of sp³-hybridized carbons (Fsp3) is 0.0526. The van der Waals surface area contributed by atoms with E-state index in [9.17, 15) is 10.1 Å². The number of anilines is 1. The van der Waals surface area contributed by atoms with E-state index >= 15 is 0 Å². The molecule has 2 aromatic rings. The topological polar surface area (TPSA) is 62.1 Å². The van der Waals surface area contributed by atoms with Gasteiger partial charge in [-0.05, 0) is 48.0 Å². The standard InChI is InChI=1S/C19H13ClN2O2/c1-2-11-24-18-9-3-14(4-10-18)12-15(13-21)19(23)22-17-7-5-16(20)6-8-17/h1,3-10,12H,11H2,(H,22,23)/b15-12-. The van der Waals surface area contributed by atoms with Crippen molar-refractivity contribution in [1.82, 2.24) is 0 Å². The molecule has 0 fully saturated rings. The lowest BCUT2D eigenvalue weighted by Crippen LogP contribution is -2.13. The summed E-state index contributed by atoms with van der Waals surface area (Å²) in [5.74, 6) is 2.50. The average Bonchev–Trinajstić information content (AvgIpc) is 2.60. The summed E-state index contributed by atoms with van der Waals surface area (Å²) in [6.45, 7) is 0.183. The molecular formula is C19H13ClN2O2. The molecule has 0 bridgehead atoms. The van der Waals surface area contributed by atoms with Crippen molar-refractivity contribution in [3.8, 4) is 24.2 Å². The summed E-state index contributed by atoms with van der Waals surface area (Å²) in [5.41, 5.74) is 1.25. The number of nitrogens with zero attached hydrogens (tertiary/aromatic N) is 1. The highest BCUT2D eigenvalue weighted by Gasteiger charge is 2.09. The number of rotatable bonds is 5. The van der Waals surface area contributed by atoms with Gasteiger partial charge in [-0.2, -0.15) is 5.26 Å². The quantitative estimate of drug-likeness (QED) is 0.511. The Hall–Kier alpha value is -3.21. The second-order valence-electron chi connectivity index (χ2n) is 4.69. The summed E-state index contributed by atoms with van der Waals surface area (Å²) < 4.78 is 5.27. The first-order chi connectivity index (χ1) is 11.6. The number of ether oxygens (including phenoxy) is 1. The maximum Gasteiger partial charge on any atom is 0.266 e. The molecule has 0 saturated carbocycles. The Morgan fingerprint density at radius 2 is 1.88 bits per heavy atom. The van der Waals surface area contributed by atoms with Crippen LogP contribution in [0.1, 0.15) is 5.56 Å². The zero-order valence-electron chi connectivity index (χ0n) is 12.6. The fourth-order valence-corrected chi connectivity index (χ4v) is 1.96. The van der Waals surface area contributed by atoms with Crippen molar-refractivity contribution in [2.75, 3.05) is 11.9 Å². The van der Waals surface area contributed by atoms with Crippen LogP contribution in [-0.4, -0.2) is 12.5 Å². The van der Waals surface area contributed by atoms with E-state index in [1.54, 1.807) is 48.5 Å². The smallest absolute Gasteiger partial charge is 0.266 e. The van der Waals surface area contributed by atoms with Crippen molar-refractivity contribution in [3.63, 3.8) is 0 Å². The van der Waals surface area contributed by atoms with Gasteiger partial charge in [0, 0.05) is 10.7 Å². The first-order valence-electron chi connectivity index (χ1n) is 6.97. The van der Waals surface area contributed by atoms with E-state index in [0.29, 0.717) is 22.0 Å². The minimum absolute atomic E-state index is 0.0118. The molecule has 0 atom stereocenters. The Morgan fingerprint density at radius 3 is 2.46 bits per heavy atom. The van der Waals surface area contributed by atoms with Crippen molar-refractivity contribution in [2.45, 2.75) is 0 Å². The van der Waals surface area contributed by atoms with Crippen LogP contribution in [-0.2, 0) is 4.79 Å². The molecule has 5 heteroatoms. The zero-order chi connectivity index (χ0) is 17.4. The molecular weight excluding hydrogens is 324 g/mol. The summed E-state index contributed by atoms with van der Waals surface area (Å²) in [7, 11) is 0. The van der Waals surface area contributed by atoms with Crippen LogP contribution in [0.5, 0.6) is 5.75 Å². The minimum Gasteiger partial charge on any atom is -0.481 e. The van der Waals surface area contributed by atoms with E-state index in [2.05, 4.69) is 11.2 Å². The number of carbonyl (C=O) groups excluding carboxylic acids is 1. The average molecular weight is 337 g/mol. The highest BCUT2D eigenvalue weighted by molar-refractivity contribution is 6.30. The first-order valence-corrected chi connectivity index (χ1v) is 7.35. The van der Waals surface area contributed by atoms with Crippen molar-refractivity contribution in [2.24, 2.45) is 0 Å². The van der Waals surface area contributed by atoms with Crippen molar-refractivity contribution >= 4 is 29.3 Å². The van der Waals surface area contributed by atoms with Gasteiger partial charge in [0.2, 0.25) is 0 Å². The van der Waals surface area contributed by atoms with Gasteiger partial charge in [-0.3, -0.25) is 4.79 Å². The molecule has 0 aliphatic rings. The molecule has 0 aliphatic carbocycles. The van der Waals surface area contributed by atoms with Crippen molar-refractivity contribution in [1.29, 1.82) is 5.26 Å². The fourth-order valence-electron chi connectivity index (χ4n) is 1.83. The molecule has 0 heterocycles. The Bertz CT molecular complexity index is 826. The van der Waals surface area contributed by atoms with Gasteiger partial charge in [0.05, 0.1) is 0 Å². The lowest BCUT2D eigenvalue weighted by atomic mass is 10.1. The third-order valence-electron chi connectivity index (χ3n) is 2.98. The number of carbonyl (C=O) groups is 1. The van der Waals surface area contributed by atoms with E-state index in [4.69, 9.17) is 22.8 Å². The molecule has 0 saturated heterocycles. The molecule has 0 unspecified atom stereocenters. The summed E-state index contributed by atoms with van der Waals surface area (Å²) >= 11 is 5.79. The summed E-state index contributed by atoms with van der Waals surface area (Å²) in [6, 6.07) is 15.4. The van der Waals surface area contributed by atoms with Gasteiger partial charge in [-0.15, -0.1) is 6.42 Å². The van der Waals surface area contributed by atoms with Gasteiger partial charge in [0.15, 0.2) is 0 Å². The molecule has 4 nitrogen and oxygen atoms in total. The zero-order valence-corrected chi connectivity index (χ0v) is 13.4. The number of nitriles is 1. The summed E-state index contributed by atoms with van der Waals surface area (Å²) in [4.78, 5) is 12.2. The molecule has 0 aliphatic heterocycles. The van der Waals surface area contributed by atoms with Crippen LogP contribution in [0.3, 0.4) is 0 Å². The van der Waals surface area contributed by atoms with Gasteiger partial charge in [-0.1, -0.05) is 29.7 Å². The lowest BCUT2D eigenvalue weighted by molar-refractivity contribution is -0.112. The Kier molecular flexibility index (Phi) is 6.02. The number of hydrogen-bond acceptors (Lipinski definition) is 3. The van der Waals surface area contributed by atoms with Crippen LogP contribution >= 0.6 is 11.6 Å². The molecule has 0 aromatic heterocycles. The third-order valence-corrected chi connectivity index (χ3v) is 3.23. The lowest BCUT2D eigenvalue weighted by Gasteiger charge is -2.05. The van der Waals surface area contributed by atoms with Crippen LogP contribution < -0.4 is 10.1 Å². The maximum atomic E-state index is 12.2. The predicted molar refractivity (Wildman–Crippen MR) is 94.4 cm³/mol. The molecule has 24 heavy (non-hydrogen) atoms. The van der Waals surface area contributed by atoms with Crippen LogP contribution in [0, 0.1) is 23.7 Å². The second-order valence-corrected chi connectivity index (χ2v) is 5.13. The molecule has 1 amide bonds. The normalized spacial score (nSPS) is 10.4. The molecule has 0 radical (unpaired) electrons. The van der Waals surface area contributed by atoms with Crippen LogP contribution in [0.15, 0.2) is 54.1 Å². The largest absolute Gasteiger partial charge is 0.481 e. The third kappa shape index (κ3) is 4.91. The number of nitrogens with one attached hydrogen (secondary N) is 1. The van der Waals surface area contributed by atoms with E-state index in [-0.39, 0.29) is 12.2 Å². The number of hydrogen-bond donors (Lipinski definition) is 1. The number of halogens is 1. The van der Waals surface area contributed by atoms with E-state index in [1.165, 1.54) is 6.08 Å². The van der Waals surface area contributed by atoms with E-state index < -0.39 is 5.91 Å².